The smallest absolute Gasteiger partial charge is 0.161 e. The van der Waals surface area contributed by atoms with E-state index in [0.29, 0.717) is 13.2 Å². The van der Waals surface area contributed by atoms with Crippen molar-refractivity contribution in [1.82, 2.24) is 0 Å². The van der Waals surface area contributed by atoms with E-state index in [0.717, 1.165) is 28.2 Å². The van der Waals surface area contributed by atoms with E-state index in [2.05, 4.69) is 0 Å². The predicted octanol–water partition coefficient (Wildman–Crippen LogP) is 2.66. The molecule has 0 saturated carbocycles. The second-order valence-corrected chi connectivity index (χ2v) is 3.84. The van der Waals surface area contributed by atoms with Crippen molar-refractivity contribution in [2.45, 2.75) is 13.8 Å². The monoisotopic (exact) mass is 220 g/mol. The van der Waals surface area contributed by atoms with Gasteiger partial charge in [-0.1, -0.05) is 0 Å². The van der Waals surface area contributed by atoms with Crippen molar-refractivity contribution in [2.24, 2.45) is 0 Å². The Labute approximate surface area is 95.6 Å². The van der Waals surface area contributed by atoms with Crippen LogP contribution in [0.4, 0.5) is 0 Å². The van der Waals surface area contributed by atoms with Crippen molar-refractivity contribution in [3.8, 4) is 5.75 Å². The minimum Gasteiger partial charge on any atom is -0.496 e. The maximum absolute atomic E-state index is 5.54. The molecule has 0 aliphatic carbocycles. The highest BCUT2D eigenvalue weighted by atomic mass is 16.6. The number of benzene rings is 1. The van der Waals surface area contributed by atoms with Crippen LogP contribution >= 0.6 is 0 Å². The molecule has 16 heavy (non-hydrogen) atoms. The average Bonchev–Trinajstić information content (AvgIpc) is 2.30. The van der Waals surface area contributed by atoms with Crippen LogP contribution in [0.2, 0.25) is 0 Å². The van der Waals surface area contributed by atoms with Gasteiger partial charge in [-0.05, 0) is 37.1 Å². The topological polar surface area (TPSA) is 27.7 Å². The van der Waals surface area contributed by atoms with Crippen molar-refractivity contribution < 1.29 is 14.2 Å². The molecule has 0 bridgehead atoms. The minimum atomic E-state index is 0.607. The summed E-state index contributed by atoms with van der Waals surface area (Å²) >= 11 is 0. The molecule has 86 valence electrons. The van der Waals surface area contributed by atoms with Crippen LogP contribution in [0, 0.1) is 13.8 Å². The van der Waals surface area contributed by atoms with E-state index in [1.54, 1.807) is 13.4 Å². The van der Waals surface area contributed by atoms with Crippen LogP contribution in [0.15, 0.2) is 18.4 Å². The maximum Gasteiger partial charge on any atom is 0.161 e. The molecule has 1 heterocycles. The van der Waals surface area contributed by atoms with Crippen molar-refractivity contribution >= 4 is 5.76 Å². The van der Waals surface area contributed by atoms with Gasteiger partial charge in [-0.25, -0.2) is 0 Å². The van der Waals surface area contributed by atoms with Crippen LogP contribution in [0.3, 0.4) is 0 Å². The van der Waals surface area contributed by atoms with Gasteiger partial charge in [0.1, 0.15) is 25.2 Å². The zero-order valence-electron chi connectivity index (χ0n) is 9.87. The molecule has 1 aromatic rings. The largest absolute Gasteiger partial charge is 0.496 e. The van der Waals surface area contributed by atoms with Gasteiger partial charge in [0.05, 0.1) is 7.11 Å². The van der Waals surface area contributed by atoms with Crippen molar-refractivity contribution in [1.29, 1.82) is 0 Å². The Morgan fingerprint density at radius 2 is 1.81 bits per heavy atom. The van der Waals surface area contributed by atoms with Gasteiger partial charge in [0.2, 0.25) is 0 Å². The van der Waals surface area contributed by atoms with Gasteiger partial charge in [0.15, 0.2) is 5.76 Å². The van der Waals surface area contributed by atoms with Crippen LogP contribution in [-0.2, 0) is 9.47 Å². The molecule has 0 saturated heterocycles. The second-order valence-electron chi connectivity index (χ2n) is 3.84. The summed E-state index contributed by atoms with van der Waals surface area (Å²) < 4.78 is 16.1. The molecule has 1 aliphatic heterocycles. The first-order valence-corrected chi connectivity index (χ1v) is 5.32. The summed E-state index contributed by atoms with van der Waals surface area (Å²) in [5, 5.41) is 0. The lowest BCUT2D eigenvalue weighted by molar-refractivity contribution is 0.125. The Hall–Kier alpha value is -1.64. The Balaban J connectivity index is 2.39. The Morgan fingerprint density at radius 1 is 1.12 bits per heavy atom. The molecule has 0 aromatic heterocycles. The summed E-state index contributed by atoms with van der Waals surface area (Å²) in [6, 6.07) is 4.10. The summed E-state index contributed by atoms with van der Waals surface area (Å²) in [5.74, 6) is 1.72. The number of methoxy groups -OCH3 is 1. The summed E-state index contributed by atoms with van der Waals surface area (Å²) in [5.41, 5.74) is 3.25. The van der Waals surface area contributed by atoms with Crippen LogP contribution in [0.1, 0.15) is 16.7 Å². The normalized spacial score (nSPS) is 14.8. The molecule has 1 aromatic carbocycles. The van der Waals surface area contributed by atoms with Gasteiger partial charge in [-0.3, -0.25) is 0 Å². The molecular formula is C13H16O3. The number of hydrogen-bond donors (Lipinski definition) is 0. The lowest BCUT2D eigenvalue weighted by atomic mass is 10.0. The Bertz CT molecular complexity index is 398. The molecular weight excluding hydrogens is 204 g/mol. The van der Waals surface area contributed by atoms with Crippen LogP contribution in [0.5, 0.6) is 5.75 Å². The van der Waals surface area contributed by atoms with Gasteiger partial charge in [-0.15, -0.1) is 0 Å². The van der Waals surface area contributed by atoms with E-state index in [9.17, 15) is 0 Å². The minimum absolute atomic E-state index is 0.607. The summed E-state index contributed by atoms with van der Waals surface area (Å²) in [6.45, 7) is 5.28. The molecule has 2 rings (SSSR count). The zero-order chi connectivity index (χ0) is 11.5. The van der Waals surface area contributed by atoms with E-state index in [1.165, 1.54) is 0 Å². The van der Waals surface area contributed by atoms with Crippen molar-refractivity contribution in [3.05, 3.63) is 35.1 Å². The molecule has 0 atom stereocenters. The maximum atomic E-state index is 5.54. The molecule has 0 fully saturated rings. The number of rotatable bonds is 2. The second kappa shape index (κ2) is 4.47. The highest BCUT2D eigenvalue weighted by Gasteiger charge is 2.12. The van der Waals surface area contributed by atoms with Gasteiger partial charge in [0, 0.05) is 5.56 Å². The number of aryl methyl sites for hydroxylation is 2. The SMILES string of the molecule is COc1c(C)cc(C2=COCCO2)cc1C. The van der Waals surface area contributed by atoms with Crippen molar-refractivity contribution in [2.75, 3.05) is 20.3 Å². The molecule has 3 nitrogen and oxygen atoms in total. The fourth-order valence-electron chi connectivity index (χ4n) is 1.93. The Morgan fingerprint density at radius 3 is 2.31 bits per heavy atom. The predicted molar refractivity (Wildman–Crippen MR) is 62.3 cm³/mol. The zero-order valence-corrected chi connectivity index (χ0v) is 9.87. The molecule has 0 amide bonds. The molecule has 1 aliphatic rings. The van der Waals surface area contributed by atoms with Gasteiger partial charge in [0.25, 0.3) is 0 Å². The summed E-state index contributed by atoms with van der Waals surface area (Å²) in [6.07, 6.45) is 1.67. The molecule has 3 heteroatoms. The molecule has 0 N–H and O–H groups in total. The van der Waals surface area contributed by atoms with Gasteiger partial charge in [-0.2, -0.15) is 0 Å². The number of ether oxygens (including phenoxy) is 3. The molecule has 0 spiro atoms. The average molecular weight is 220 g/mol. The number of hydrogen-bond acceptors (Lipinski definition) is 3. The van der Waals surface area contributed by atoms with Crippen LogP contribution in [-0.4, -0.2) is 20.3 Å². The first kappa shape index (κ1) is 10.9. The molecule has 0 radical (unpaired) electrons. The van der Waals surface area contributed by atoms with E-state index in [1.807, 2.05) is 26.0 Å². The third kappa shape index (κ3) is 1.98. The lowest BCUT2D eigenvalue weighted by Crippen LogP contribution is -2.08. The highest BCUT2D eigenvalue weighted by Crippen LogP contribution is 2.28. The van der Waals surface area contributed by atoms with E-state index in [-0.39, 0.29) is 0 Å². The third-order valence-corrected chi connectivity index (χ3v) is 2.60. The van der Waals surface area contributed by atoms with E-state index in [4.69, 9.17) is 14.2 Å². The standard InChI is InChI=1S/C13H16O3/c1-9-6-11(7-10(2)13(9)14-3)12-8-15-4-5-16-12/h6-8H,4-5H2,1-3H3. The third-order valence-electron chi connectivity index (χ3n) is 2.60. The van der Waals surface area contributed by atoms with Crippen LogP contribution in [0.25, 0.3) is 5.76 Å². The lowest BCUT2D eigenvalue weighted by Gasteiger charge is -2.17. The summed E-state index contributed by atoms with van der Waals surface area (Å²) in [7, 11) is 1.69. The van der Waals surface area contributed by atoms with Crippen molar-refractivity contribution in [3.63, 3.8) is 0 Å². The molecule has 0 unspecified atom stereocenters. The quantitative estimate of drug-likeness (QED) is 0.767. The first-order valence-electron chi connectivity index (χ1n) is 5.32. The van der Waals surface area contributed by atoms with E-state index >= 15 is 0 Å². The first-order chi connectivity index (χ1) is 7.72. The van der Waals surface area contributed by atoms with E-state index < -0.39 is 0 Å². The van der Waals surface area contributed by atoms with Crippen LogP contribution < -0.4 is 4.74 Å². The van der Waals surface area contributed by atoms with Gasteiger partial charge >= 0.3 is 0 Å². The fraction of sp³-hybridized carbons (Fsp3) is 0.385. The van der Waals surface area contributed by atoms with Gasteiger partial charge < -0.3 is 14.2 Å². The fourth-order valence-corrected chi connectivity index (χ4v) is 1.93. The highest BCUT2D eigenvalue weighted by molar-refractivity contribution is 5.63. The Kier molecular flexibility index (Phi) is 3.04. The summed E-state index contributed by atoms with van der Waals surface area (Å²) in [4.78, 5) is 0.